The largest absolute Gasteiger partial charge is 0.481 e. The number of hydrogen-bond acceptors (Lipinski definition) is 4. The molecule has 0 saturated heterocycles. The van der Waals surface area contributed by atoms with Crippen LogP contribution in [0, 0.1) is 10.1 Å². The second-order valence-electron chi connectivity index (χ2n) is 3.17. The van der Waals surface area contributed by atoms with Gasteiger partial charge in [0.2, 0.25) is 0 Å². The predicted molar refractivity (Wildman–Crippen MR) is 57.0 cm³/mol. The van der Waals surface area contributed by atoms with E-state index in [1.807, 2.05) is 0 Å². The van der Waals surface area contributed by atoms with Gasteiger partial charge in [-0.15, -0.1) is 0 Å². The Morgan fingerprint density at radius 2 is 2.06 bits per heavy atom. The van der Waals surface area contributed by atoms with Crippen LogP contribution in [0.5, 0.6) is 5.75 Å². The van der Waals surface area contributed by atoms with E-state index in [1.165, 1.54) is 24.3 Å². The van der Waals surface area contributed by atoms with Crippen molar-refractivity contribution >= 4 is 11.6 Å². The van der Waals surface area contributed by atoms with E-state index in [4.69, 9.17) is 10.5 Å². The molecular formula is C10H12N2O4. The van der Waals surface area contributed by atoms with Crippen LogP contribution in [-0.4, -0.2) is 16.9 Å². The number of amides is 1. The third-order valence-electron chi connectivity index (χ3n) is 2.01. The van der Waals surface area contributed by atoms with E-state index < -0.39 is 16.9 Å². The lowest BCUT2D eigenvalue weighted by molar-refractivity contribution is -0.384. The molecule has 0 aliphatic heterocycles. The normalized spacial score (nSPS) is 11.8. The molecule has 1 aromatic carbocycles. The van der Waals surface area contributed by atoms with Crippen molar-refractivity contribution in [2.75, 3.05) is 0 Å². The molecule has 2 N–H and O–H groups in total. The topological polar surface area (TPSA) is 95.5 Å². The Kier molecular flexibility index (Phi) is 3.82. The van der Waals surface area contributed by atoms with Gasteiger partial charge in [-0.25, -0.2) is 0 Å². The number of nitrogens with zero attached hydrogens (tertiary/aromatic N) is 1. The molecule has 1 rings (SSSR count). The molecule has 0 spiro atoms. The summed E-state index contributed by atoms with van der Waals surface area (Å²) >= 11 is 0. The summed E-state index contributed by atoms with van der Waals surface area (Å²) in [4.78, 5) is 20.8. The molecule has 1 aromatic rings. The number of ether oxygens (including phenoxy) is 1. The Morgan fingerprint density at radius 1 is 1.50 bits per heavy atom. The van der Waals surface area contributed by atoms with Gasteiger partial charge in [0.1, 0.15) is 5.75 Å². The first kappa shape index (κ1) is 12.0. The average molecular weight is 224 g/mol. The fourth-order valence-corrected chi connectivity index (χ4v) is 1.15. The fourth-order valence-electron chi connectivity index (χ4n) is 1.15. The van der Waals surface area contributed by atoms with Crippen LogP contribution in [0.1, 0.15) is 13.3 Å². The number of benzene rings is 1. The van der Waals surface area contributed by atoms with Crippen molar-refractivity contribution in [1.82, 2.24) is 0 Å². The van der Waals surface area contributed by atoms with Crippen molar-refractivity contribution < 1.29 is 14.5 Å². The minimum Gasteiger partial charge on any atom is -0.481 e. The van der Waals surface area contributed by atoms with Gasteiger partial charge >= 0.3 is 0 Å². The minimum atomic E-state index is -0.707. The SMILES string of the molecule is CCC(Oc1ccc([N+](=O)[O-])cc1)C(N)=O. The van der Waals surface area contributed by atoms with Gasteiger partial charge in [0.25, 0.3) is 11.6 Å². The molecule has 1 atom stereocenters. The van der Waals surface area contributed by atoms with Crippen LogP contribution in [-0.2, 0) is 4.79 Å². The van der Waals surface area contributed by atoms with Crippen LogP contribution >= 0.6 is 0 Å². The van der Waals surface area contributed by atoms with Crippen LogP contribution < -0.4 is 10.5 Å². The van der Waals surface area contributed by atoms with Crippen molar-refractivity contribution in [2.45, 2.75) is 19.4 Å². The molecule has 0 fully saturated rings. The number of non-ortho nitro benzene ring substituents is 1. The number of primary amides is 1. The van der Waals surface area contributed by atoms with Crippen LogP contribution in [0.15, 0.2) is 24.3 Å². The number of nitro benzene ring substituents is 1. The average Bonchev–Trinajstić information content (AvgIpc) is 2.26. The van der Waals surface area contributed by atoms with E-state index >= 15 is 0 Å². The molecule has 1 unspecified atom stereocenters. The lowest BCUT2D eigenvalue weighted by atomic mass is 10.2. The van der Waals surface area contributed by atoms with Gasteiger partial charge in [0, 0.05) is 12.1 Å². The molecule has 1 amide bonds. The quantitative estimate of drug-likeness (QED) is 0.601. The molecule has 0 aliphatic rings. The number of rotatable bonds is 5. The smallest absolute Gasteiger partial charge is 0.269 e. The summed E-state index contributed by atoms with van der Waals surface area (Å²) in [6.07, 6.45) is -0.256. The van der Waals surface area contributed by atoms with Crippen molar-refractivity contribution in [3.8, 4) is 5.75 Å². The monoisotopic (exact) mass is 224 g/mol. The molecule has 0 heterocycles. The molecule has 0 aliphatic carbocycles. The summed E-state index contributed by atoms with van der Waals surface area (Å²) in [7, 11) is 0. The maximum Gasteiger partial charge on any atom is 0.269 e. The molecule has 0 radical (unpaired) electrons. The lowest BCUT2D eigenvalue weighted by Gasteiger charge is -2.13. The number of nitro groups is 1. The van der Waals surface area contributed by atoms with E-state index in [9.17, 15) is 14.9 Å². The highest BCUT2D eigenvalue weighted by Crippen LogP contribution is 2.18. The Balaban J connectivity index is 2.75. The zero-order chi connectivity index (χ0) is 12.1. The van der Waals surface area contributed by atoms with E-state index in [2.05, 4.69) is 0 Å². The van der Waals surface area contributed by atoms with E-state index in [0.717, 1.165) is 0 Å². The Bertz CT molecular complexity index is 388. The molecule has 6 nitrogen and oxygen atoms in total. The summed E-state index contributed by atoms with van der Waals surface area (Å²) in [6.45, 7) is 1.76. The third kappa shape index (κ3) is 2.94. The summed E-state index contributed by atoms with van der Waals surface area (Å²) in [5.41, 5.74) is 5.07. The second kappa shape index (κ2) is 5.11. The van der Waals surface area contributed by atoms with Crippen LogP contribution in [0.2, 0.25) is 0 Å². The van der Waals surface area contributed by atoms with Gasteiger partial charge in [-0.2, -0.15) is 0 Å². The molecule has 16 heavy (non-hydrogen) atoms. The first-order valence-electron chi connectivity index (χ1n) is 4.75. The van der Waals surface area contributed by atoms with Crippen LogP contribution in [0.4, 0.5) is 5.69 Å². The predicted octanol–water partition coefficient (Wildman–Crippen LogP) is 1.24. The summed E-state index contributed by atoms with van der Waals surface area (Å²) in [5, 5.41) is 10.4. The van der Waals surface area contributed by atoms with E-state index in [-0.39, 0.29) is 5.69 Å². The Morgan fingerprint density at radius 3 is 2.44 bits per heavy atom. The third-order valence-corrected chi connectivity index (χ3v) is 2.01. The minimum absolute atomic E-state index is 0.0283. The molecular weight excluding hydrogens is 212 g/mol. The lowest BCUT2D eigenvalue weighted by Crippen LogP contribution is -2.32. The highest BCUT2D eigenvalue weighted by atomic mass is 16.6. The van der Waals surface area contributed by atoms with Crippen molar-refractivity contribution in [3.05, 3.63) is 34.4 Å². The first-order chi connectivity index (χ1) is 7.54. The maximum absolute atomic E-state index is 10.9. The van der Waals surface area contributed by atoms with Gasteiger partial charge < -0.3 is 10.5 Å². The number of hydrogen-bond donors (Lipinski definition) is 1. The summed E-state index contributed by atoms with van der Waals surface area (Å²) in [5.74, 6) is -0.169. The Hall–Kier alpha value is -2.11. The van der Waals surface area contributed by atoms with Gasteiger partial charge in [-0.1, -0.05) is 6.92 Å². The zero-order valence-corrected chi connectivity index (χ0v) is 8.75. The Labute approximate surface area is 92.2 Å². The number of carbonyl (C=O) groups excluding carboxylic acids is 1. The second-order valence-corrected chi connectivity index (χ2v) is 3.17. The van der Waals surface area contributed by atoms with Crippen LogP contribution in [0.25, 0.3) is 0 Å². The molecule has 6 heteroatoms. The molecule has 0 aromatic heterocycles. The molecule has 0 saturated carbocycles. The number of nitrogens with two attached hydrogens (primary N) is 1. The highest BCUT2D eigenvalue weighted by molar-refractivity contribution is 5.79. The van der Waals surface area contributed by atoms with Crippen molar-refractivity contribution in [1.29, 1.82) is 0 Å². The van der Waals surface area contributed by atoms with Gasteiger partial charge in [-0.05, 0) is 18.6 Å². The molecule has 0 bridgehead atoms. The van der Waals surface area contributed by atoms with Gasteiger partial charge in [0.05, 0.1) is 4.92 Å². The van der Waals surface area contributed by atoms with Crippen molar-refractivity contribution in [3.63, 3.8) is 0 Å². The van der Waals surface area contributed by atoms with Gasteiger partial charge in [-0.3, -0.25) is 14.9 Å². The van der Waals surface area contributed by atoms with E-state index in [0.29, 0.717) is 12.2 Å². The molecule has 86 valence electrons. The maximum atomic E-state index is 10.9. The van der Waals surface area contributed by atoms with E-state index in [1.54, 1.807) is 6.92 Å². The zero-order valence-electron chi connectivity index (χ0n) is 8.75. The highest BCUT2D eigenvalue weighted by Gasteiger charge is 2.14. The van der Waals surface area contributed by atoms with Gasteiger partial charge in [0.15, 0.2) is 6.10 Å². The fraction of sp³-hybridized carbons (Fsp3) is 0.300. The summed E-state index contributed by atoms with van der Waals surface area (Å²) in [6, 6.07) is 5.49. The van der Waals surface area contributed by atoms with Crippen molar-refractivity contribution in [2.24, 2.45) is 5.73 Å². The standard InChI is InChI=1S/C10H12N2O4/c1-2-9(10(11)13)16-8-5-3-7(4-6-8)12(14)15/h3-6,9H,2H2,1H3,(H2,11,13). The summed E-state index contributed by atoms with van der Waals surface area (Å²) < 4.78 is 5.26. The van der Waals surface area contributed by atoms with Crippen LogP contribution in [0.3, 0.4) is 0 Å². The number of carbonyl (C=O) groups is 1. The first-order valence-corrected chi connectivity index (χ1v) is 4.75.